The smallest absolute Gasteiger partial charge is 0.253 e. The van der Waals surface area contributed by atoms with E-state index in [0.29, 0.717) is 25.5 Å². The number of carbonyl (C=O) groups excluding carboxylic acids is 1. The molecule has 0 aliphatic rings. The normalized spacial score (nSPS) is 10.1. The maximum absolute atomic E-state index is 11.7. The van der Waals surface area contributed by atoms with Gasteiger partial charge in [0.1, 0.15) is 24.7 Å². The summed E-state index contributed by atoms with van der Waals surface area (Å²) in [6, 6.07) is 8.57. The first-order valence-corrected chi connectivity index (χ1v) is 7.32. The van der Waals surface area contributed by atoms with E-state index in [2.05, 4.69) is 10.3 Å². The summed E-state index contributed by atoms with van der Waals surface area (Å²) in [4.78, 5) is 27.0. The molecule has 2 rings (SSSR count). The molecular weight excluding hydrogens is 298 g/mol. The highest BCUT2D eigenvalue weighted by Crippen LogP contribution is 2.17. The quantitative estimate of drug-likeness (QED) is 0.730. The van der Waals surface area contributed by atoms with E-state index in [0.717, 1.165) is 5.75 Å². The summed E-state index contributed by atoms with van der Waals surface area (Å²) in [6.45, 7) is 3.16. The van der Waals surface area contributed by atoms with Crippen molar-refractivity contribution in [3.63, 3.8) is 0 Å². The van der Waals surface area contributed by atoms with Crippen LogP contribution in [0, 0.1) is 0 Å². The van der Waals surface area contributed by atoms with E-state index < -0.39 is 0 Å². The van der Waals surface area contributed by atoms with Crippen LogP contribution in [0.25, 0.3) is 0 Å². The third kappa shape index (κ3) is 5.46. The van der Waals surface area contributed by atoms with E-state index in [1.165, 1.54) is 23.2 Å². The molecule has 1 amide bonds. The lowest BCUT2D eigenvalue weighted by molar-refractivity contribution is -0.121. The molecule has 122 valence electrons. The van der Waals surface area contributed by atoms with Gasteiger partial charge in [0.2, 0.25) is 5.91 Å². The number of hydrogen-bond donors (Lipinski definition) is 1. The Balaban J connectivity index is 1.69. The van der Waals surface area contributed by atoms with Crippen molar-refractivity contribution < 1.29 is 14.3 Å². The van der Waals surface area contributed by atoms with Gasteiger partial charge in [0, 0.05) is 12.3 Å². The van der Waals surface area contributed by atoms with Gasteiger partial charge in [-0.25, -0.2) is 4.98 Å². The van der Waals surface area contributed by atoms with Crippen LogP contribution < -0.4 is 20.3 Å². The van der Waals surface area contributed by atoms with E-state index in [1.54, 1.807) is 0 Å². The maximum Gasteiger partial charge on any atom is 0.253 e. The molecule has 0 aliphatic carbocycles. The second kappa shape index (κ2) is 8.57. The molecule has 1 N–H and O–H groups in total. The fraction of sp³-hybridized carbons (Fsp3) is 0.312. The van der Waals surface area contributed by atoms with E-state index in [4.69, 9.17) is 9.47 Å². The number of benzene rings is 1. The Morgan fingerprint density at radius 1 is 1.17 bits per heavy atom. The van der Waals surface area contributed by atoms with Crippen LogP contribution in [0.15, 0.2) is 47.7 Å². The topological polar surface area (TPSA) is 82.4 Å². The first-order chi connectivity index (χ1) is 11.2. The van der Waals surface area contributed by atoms with E-state index >= 15 is 0 Å². The average molecular weight is 317 g/mol. The lowest BCUT2D eigenvalue weighted by Gasteiger charge is -2.09. The fourth-order valence-electron chi connectivity index (χ4n) is 1.87. The lowest BCUT2D eigenvalue weighted by atomic mass is 10.3. The number of aromatic nitrogens is 2. The molecule has 7 nitrogen and oxygen atoms in total. The maximum atomic E-state index is 11.7. The molecule has 7 heteroatoms. The zero-order valence-corrected chi connectivity index (χ0v) is 12.9. The van der Waals surface area contributed by atoms with Crippen molar-refractivity contribution in [3.05, 3.63) is 53.2 Å². The first-order valence-electron chi connectivity index (χ1n) is 7.32. The molecule has 0 atom stereocenters. The molecule has 0 radical (unpaired) electrons. The highest BCUT2D eigenvalue weighted by molar-refractivity contribution is 5.75. The van der Waals surface area contributed by atoms with Gasteiger partial charge < -0.3 is 14.8 Å². The molecule has 1 aromatic carbocycles. The van der Waals surface area contributed by atoms with E-state index in [-0.39, 0.29) is 18.0 Å². The molecule has 0 fully saturated rings. The summed E-state index contributed by atoms with van der Waals surface area (Å²) in [5.41, 5.74) is -0.263. The molecule has 0 spiro atoms. The summed E-state index contributed by atoms with van der Waals surface area (Å²) in [5.74, 6) is 1.22. The molecule has 1 aromatic heterocycles. The summed E-state index contributed by atoms with van der Waals surface area (Å²) < 4.78 is 12.1. The van der Waals surface area contributed by atoms with E-state index in [9.17, 15) is 9.59 Å². The number of ether oxygens (including phenoxy) is 2. The van der Waals surface area contributed by atoms with Crippen LogP contribution in [0.4, 0.5) is 0 Å². The number of hydrogen-bond acceptors (Lipinski definition) is 5. The molecule has 0 saturated heterocycles. The van der Waals surface area contributed by atoms with Crippen LogP contribution in [0.1, 0.15) is 6.92 Å². The molecule has 2 aromatic rings. The van der Waals surface area contributed by atoms with Crippen molar-refractivity contribution in [3.8, 4) is 11.5 Å². The molecular formula is C16H19N3O4. The minimum absolute atomic E-state index is 0.0598. The minimum Gasteiger partial charge on any atom is -0.494 e. The Labute approximate surface area is 133 Å². The van der Waals surface area contributed by atoms with Crippen LogP contribution in [0.5, 0.6) is 11.5 Å². The summed E-state index contributed by atoms with van der Waals surface area (Å²) in [7, 11) is 0. The van der Waals surface area contributed by atoms with Crippen LogP contribution in [0.3, 0.4) is 0 Å². The standard InChI is InChI=1S/C16H19N3O4/c1-2-22-13-3-5-14(6-4-13)23-10-9-18-15(20)11-19-12-17-8-7-16(19)21/h3-8,12H,2,9-11H2,1H3,(H,18,20). The van der Waals surface area contributed by atoms with Crippen LogP contribution in [-0.2, 0) is 11.3 Å². The van der Waals surface area contributed by atoms with Crippen molar-refractivity contribution in [1.82, 2.24) is 14.9 Å². The first kappa shape index (κ1) is 16.5. The third-order valence-electron chi connectivity index (χ3n) is 2.93. The number of carbonyl (C=O) groups is 1. The molecule has 0 bridgehead atoms. The summed E-state index contributed by atoms with van der Waals surface area (Å²) >= 11 is 0. The molecule has 1 heterocycles. The van der Waals surface area contributed by atoms with Crippen LogP contribution in [-0.4, -0.2) is 35.2 Å². The third-order valence-corrected chi connectivity index (χ3v) is 2.93. The molecule has 0 aliphatic heterocycles. The average Bonchev–Trinajstić information content (AvgIpc) is 2.55. The van der Waals surface area contributed by atoms with Crippen molar-refractivity contribution in [2.45, 2.75) is 13.5 Å². The number of rotatable bonds is 8. The van der Waals surface area contributed by atoms with Gasteiger partial charge in [-0.15, -0.1) is 0 Å². The van der Waals surface area contributed by atoms with Crippen molar-refractivity contribution in [1.29, 1.82) is 0 Å². The SMILES string of the molecule is CCOc1ccc(OCCNC(=O)Cn2cnccc2=O)cc1. The van der Waals surface area contributed by atoms with Gasteiger partial charge in [0.25, 0.3) is 5.56 Å². The predicted molar refractivity (Wildman–Crippen MR) is 84.6 cm³/mol. The second-order valence-corrected chi connectivity index (χ2v) is 4.65. The van der Waals surface area contributed by atoms with Gasteiger partial charge in [-0.3, -0.25) is 14.2 Å². The van der Waals surface area contributed by atoms with Crippen LogP contribution >= 0.6 is 0 Å². The number of amides is 1. The van der Waals surface area contributed by atoms with Gasteiger partial charge in [0.15, 0.2) is 0 Å². The van der Waals surface area contributed by atoms with Crippen molar-refractivity contribution in [2.75, 3.05) is 19.8 Å². The molecule has 0 saturated carbocycles. The van der Waals surface area contributed by atoms with E-state index in [1.807, 2.05) is 31.2 Å². The Morgan fingerprint density at radius 2 is 1.87 bits per heavy atom. The minimum atomic E-state index is -0.268. The highest BCUT2D eigenvalue weighted by Gasteiger charge is 2.03. The van der Waals surface area contributed by atoms with Crippen molar-refractivity contribution >= 4 is 5.91 Å². The van der Waals surface area contributed by atoms with Gasteiger partial charge in [-0.2, -0.15) is 0 Å². The zero-order chi connectivity index (χ0) is 16.5. The zero-order valence-electron chi connectivity index (χ0n) is 12.9. The monoisotopic (exact) mass is 317 g/mol. The largest absolute Gasteiger partial charge is 0.494 e. The predicted octanol–water partition coefficient (Wildman–Crippen LogP) is 0.837. The number of nitrogens with zero attached hydrogens (tertiary/aromatic N) is 2. The molecule has 23 heavy (non-hydrogen) atoms. The Bertz CT molecular complexity index is 682. The van der Waals surface area contributed by atoms with Gasteiger partial charge in [0.05, 0.1) is 19.5 Å². The van der Waals surface area contributed by atoms with Crippen LogP contribution in [0.2, 0.25) is 0 Å². The number of nitrogens with one attached hydrogen (secondary N) is 1. The Kier molecular flexibility index (Phi) is 6.17. The summed E-state index contributed by atoms with van der Waals surface area (Å²) in [5, 5.41) is 2.68. The lowest BCUT2D eigenvalue weighted by Crippen LogP contribution is -2.34. The van der Waals surface area contributed by atoms with Gasteiger partial charge >= 0.3 is 0 Å². The van der Waals surface area contributed by atoms with Crippen molar-refractivity contribution in [2.24, 2.45) is 0 Å². The van der Waals surface area contributed by atoms with Gasteiger partial charge in [-0.05, 0) is 31.2 Å². The molecule has 0 unspecified atom stereocenters. The van der Waals surface area contributed by atoms with Gasteiger partial charge in [-0.1, -0.05) is 0 Å². The summed E-state index contributed by atoms with van der Waals surface area (Å²) in [6.07, 6.45) is 2.72. The second-order valence-electron chi connectivity index (χ2n) is 4.65. The highest BCUT2D eigenvalue weighted by atomic mass is 16.5. The Hall–Kier alpha value is -2.83. The fourth-order valence-corrected chi connectivity index (χ4v) is 1.87. The Morgan fingerprint density at radius 3 is 2.52 bits per heavy atom.